The van der Waals surface area contributed by atoms with Crippen LogP contribution in [0.1, 0.15) is 51.1 Å². The molecule has 1 aromatic rings. The number of methoxy groups -OCH3 is 1. The highest BCUT2D eigenvalue weighted by Gasteiger charge is 2.23. The SMILES string of the molecule is COc1ccc([C@H](CNC(=O)CC(C)C)N2CCCCC2)cc1. The number of likely N-dealkylation sites (tertiary alicyclic amines) is 1. The summed E-state index contributed by atoms with van der Waals surface area (Å²) in [7, 11) is 1.68. The molecule has 1 N–H and O–H groups in total. The Labute approximate surface area is 140 Å². The van der Waals surface area contributed by atoms with E-state index >= 15 is 0 Å². The minimum absolute atomic E-state index is 0.149. The fourth-order valence-electron chi connectivity index (χ4n) is 3.17. The normalized spacial score (nSPS) is 17.0. The molecule has 4 nitrogen and oxygen atoms in total. The molecule has 1 aliphatic heterocycles. The van der Waals surface area contributed by atoms with Gasteiger partial charge in [0, 0.05) is 13.0 Å². The van der Waals surface area contributed by atoms with Gasteiger partial charge < -0.3 is 10.1 Å². The maximum absolute atomic E-state index is 12.0. The Bertz CT molecular complexity index is 479. The van der Waals surface area contributed by atoms with Crippen molar-refractivity contribution in [3.63, 3.8) is 0 Å². The molecule has 1 aromatic carbocycles. The van der Waals surface area contributed by atoms with Crippen LogP contribution in [0.15, 0.2) is 24.3 Å². The predicted octanol–water partition coefficient (Wildman–Crippen LogP) is 3.38. The maximum Gasteiger partial charge on any atom is 0.220 e. The maximum atomic E-state index is 12.0. The van der Waals surface area contributed by atoms with Gasteiger partial charge in [-0.1, -0.05) is 32.4 Å². The highest BCUT2D eigenvalue weighted by Crippen LogP contribution is 2.25. The van der Waals surface area contributed by atoms with Gasteiger partial charge in [-0.2, -0.15) is 0 Å². The van der Waals surface area contributed by atoms with Gasteiger partial charge in [0.25, 0.3) is 0 Å². The molecule has 2 rings (SSSR count). The Balaban J connectivity index is 2.05. The van der Waals surface area contributed by atoms with Crippen LogP contribution in [0.3, 0.4) is 0 Å². The number of carbonyl (C=O) groups is 1. The second-order valence-electron chi connectivity index (χ2n) is 6.79. The summed E-state index contributed by atoms with van der Waals surface area (Å²) < 4.78 is 5.25. The van der Waals surface area contributed by atoms with Crippen LogP contribution in [-0.2, 0) is 4.79 Å². The molecular weight excluding hydrogens is 288 g/mol. The third-order valence-electron chi connectivity index (χ3n) is 4.42. The molecule has 1 saturated heterocycles. The van der Waals surface area contributed by atoms with Gasteiger partial charge in [0.1, 0.15) is 5.75 Å². The van der Waals surface area contributed by atoms with Crippen LogP contribution in [0.25, 0.3) is 0 Å². The van der Waals surface area contributed by atoms with Crippen molar-refractivity contribution in [2.45, 2.75) is 45.6 Å². The molecule has 0 spiro atoms. The molecule has 0 saturated carbocycles. The van der Waals surface area contributed by atoms with Crippen molar-refractivity contribution in [3.05, 3.63) is 29.8 Å². The van der Waals surface area contributed by atoms with Crippen LogP contribution in [0.2, 0.25) is 0 Å². The Morgan fingerprint density at radius 2 is 1.83 bits per heavy atom. The second-order valence-corrected chi connectivity index (χ2v) is 6.79. The van der Waals surface area contributed by atoms with E-state index in [-0.39, 0.29) is 11.9 Å². The largest absolute Gasteiger partial charge is 0.497 e. The van der Waals surface area contributed by atoms with Gasteiger partial charge in [-0.25, -0.2) is 0 Å². The molecule has 23 heavy (non-hydrogen) atoms. The summed E-state index contributed by atoms with van der Waals surface area (Å²) >= 11 is 0. The van der Waals surface area contributed by atoms with Gasteiger partial charge in [-0.15, -0.1) is 0 Å². The van der Waals surface area contributed by atoms with Gasteiger partial charge in [-0.05, 0) is 49.5 Å². The van der Waals surface area contributed by atoms with Crippen molar-refractivity contribution in [2.75, 3.05) is 26.7 Å². The highest BCUT2D eigenvalue weighted by molar-refractivity contribution is 5.76. The molecule has 0 unspecified atom stereocenters. The van der Waals surface area contributed by atoms with Gasteiger partial charge in [0.2, 0.25) is 5.91 Å². The van der Waals surface area contributed by atoms with Crippen LogP contribution in [0.4, 0.5) is 0 Å². The topological polar surface area (TPSA) is 41.6 Å². The number of rotatable bonds is 7. The number of hydrogen-bond donors (Lipinski definition) is 1. The van der Waals surface area contributed by atoms with Crippen molar-refractivity contribution >= 4 is 5.91 Å². The number of nitrogens with zero attached hydrogens (tertiary/aromatic N) is 1. The molecule has 4 heteroatoms. The standard InChI is InChI=1S/C19H30N2O2/c1-15(2)13-19(22)20-14-18(21-11-5-4-6-12-21)16-7-9-17(23-3)10-8-16/h7-10,15,18H,4-6,11-14H2,1-3H3,(H,20,22)/t18-/m0/s1. The van der Waals surface area contributed by atoms with E-state index in [0.29, 0.717) is 18.9 Å². The van der Waals surface area contributed by atoms with Crippen LogP contribution in [-0.4, -0.2) is 37.6 Å². The highest BCUT2D eigenvalue weighted by atomic mass is 16.5. The number of carbonyl (C=O) groups excluding carboxylic acids is 1. The number of hydrogen-bond acceptors (Lipinski definition) is 3. The Kier molecular flexibility index (Phi) is 6.90. The third kappa shape index (κ3) is 5.54. The van der Waals surface area contributed by atoms with Gasteiger partial charge in [0.05, 0.1) is 13.2 Å². The van der Waals surface area contributed by atoms with Crippen LogP contribution >= 0.6 is 0 Å². The van der Waals surface area contributed by atoms with E-state index in [0.717, 1.165) is 18.8 Å². The Hall–Kier alpha value is -1.55. The molecule has 0 bridgehead atoms. The van der Waals surface area contributed by atoms with Gasteiger partial charge >= 0.3 is 0 Å². The zero-order valence-corrected chi connectivity index (χ0v) is 14.7. The van der Waals surface area contributed by atoms with E-state index in [1.54, 1.807) is 7.11 Å². The number of benzene rings is 1. The number of ether oxygens (including phenoxy) is 1. The minimum Gasteiger partial charge on any atom is -0.497 e. The molecule has 1 aliphatic rings. The molecule has 0 aromatic heterocycles. The summed E-state index contributed by atoms with van der Waals surface area (Å²) in [5, 5.41) is 3.13. The quantitative estimate of drug-likeness (QED) is 0.838. The Morgan fingerprint density at radius 1 is 1.17 bits per heavy atom. The molecular formula is C19H30N2O2. The van der Waals surface area contributed by atoms with Crippen molar-refractivity contribution in [1.82, 2.24) is 10.2 Å². The lowest BCUT2D eigenvalue weighted by Gasteiger charge is -2.35. The van der Waals surface area contributed by atoms with E-state index in [1.165, 1.54) is 24.8 Å². The van der Waals surface area contributed by atoms with Gasteiger partial charge in [0.15, 0.2) is 0 Å². The van der Waals surface area contributed by atoms with Crippen molar-refractivity contribution in [3.8, 4) is 5.75 Å². The summed E-state index contributed by atoms with van der Waals surface area (Å²) in [6, 6.07) is 8.49. The number of nitrogens with one attached hydrogen (secondary N) is 1. The molecule has 1 fully saturated rings. The summed E-state index contributed by atoms with van der Waals surface area (Å²) in [4.78, 5) is 14.5. The minimum atomic E-state index is 0.149. The van der Waals surface area contributed by atoms with Crippen molar-refractivity contribution in [1.29, 1.82) is 0 Å². The van der Waals surface area contributed by atoms with E-state index in [1.807, 2.05) is 12.1 Å². The zero-order chi connectivity index (χ0) is 16.7. The van der Waals surface area contributed by atoms with Gasteiger partial charge in [-0.3, -0.25) is 9.69 Å². The first-order valence-corrected chi connectivity index (χ1v) is 8.75. The van der Waals surface area contributed by atoms with Crippen LogP contribution in [0, 0.1) is 5.92 Å². The van der Waals surface area contributed by atoms with E-state index in [9.17, 15) is 4.79 Å². The first-order valence-electron chi connectivity index (χ1n) is 8.75. The Morgan fingerprint density at radius 3 is 2.39 bits per heavy atom. The monoisotopic (exact) mass is 318 g/mol. The van der Waals surface area contributed by atoms with Crippen molar-refractivity contribution < 1.29 is 9.53 Å². The van der Waals surface area contributed by atoms with E-state index in [2.05, 4.69) is 36.2 Å². The van der Waals surface area contributed by atoms with E-state index < -0.39 is 0 Å². The van der Waals surface area contributed by atoms with Crippen molar-refractivity contribution in [2.24, 2.45) is 5.92 Å². The second kappa shape index (κ2) is 8.92. The predicted molar refractivity (Wildman–Crippen MR) is 93.6 cm³/mol. The smallest absolute Gasteiger partial charge is 0.220 e. The first-order chi connectivity index (χ1) is 11.1. The average molecular weight is 318 g/mol. The number of piperidine rings is 1. The third-order valence-corrected chi connectivity index (χ3v) is 4.42. The summed E-state index contributed by atoms with van der Waals surface area (Å²) in [6.45, 7) is 7.04. The molecule has 1 heterocycles. The van der Waals surface area contributed by atoms with Crippen LogP contribution < -0.4 is 10.1 Å². The molecule has 128 valence electrons. The molecule has 1 atom stereocenters. The fraction of sp³-hybridized carbons (Fsp3) is 0.632. The molecule has 1 amide bonds. The summed E-state index contributed by atoms with van der Waals surface area (Å²) in [6.07, 6.45) is 4.39. The lowest BCUT2D eigenvalue weighted by atomic mass is 10.0. The molecule has 0 aliphatic carbocycles. The lowest BCUT2D eigenvalue weighted by molar-refractivity contribution is -0.122. The van der Waals surface area contributed by atoms with Crippen LogP contribution in [0.5, 0.6) is 5.75 Å². The zero-order valence-electron chi connectivity index (χ0n) is 14.7. The van der Waals surface area contributed by atoms with E-state index in [4.69, 9.17) is 4.74 Å². The summed E-state index contributed by atoms with van der Waals surface area (Å²) in [5.41, 5.74) is 1.25. The number of amides is 1. The fourth-order valence-corrected chi connectivity index (χ4v) is 3.17. The molecule has 0 radical (unpaired) electrons. The first kappa shape index (κ1) is 17.8. The summed E-state index contributed by atoms with van der Waals surface area (Å²) in [5.74, 6) is 1.41. The average Bonchev–Trinajstić information content (AvgIpc) is 2.56. The lowest BCUT2D eigenvalue weighted by Crippen LogP contribution is -2.40.